The van der Waals surface area contributed by atoms with Crippen molar-refractivity contribution < 1.29 is 28.9 Å². The van der Waals surface area contributed by atoms with Crippen molar-refractivity contribution in [2.24, 2.45) is 11.8 Å². The summed E-state index contributed by atoms with van der Waals surface area (Å²) in [6, 6.07) is 26.7. The van der Waals surface area contributed by atoms with Gasteiger partial charge in [0.15, 0.2) is 0 Å². The van der Waals surface area contributed by atoms with Crippen LogP contribution in [0, 0.1) is 32.1 Å². The minimum Gasteiger partial charge on any atom is -0.462 e. The summed E-state index contributed by atoms with van der Waals surface area (Å²) >= 11 is 0. The molecule has 210 valence electrons. The molecule has 10 nitrogen and oxygen atoms in total. The van der Waals surface area contributed by atoms with Gasteiger partial charge in [-0.2, -0.15) is 0 Å². The van der Waals surface area contributed by atoms with Gasteiger partial charge in [0.05, 0.1) is 34.2 Å². The van der Waals surface area contributed by atoms with Crippen molar-refractivity contribution in [3.8, 4) is 0 Å². The van der Waals surface area contributed by atoms with Gasteiger partial charge in [-0.05, 0) is 46.5 Å². The molecule has 4 aromatic rings. The predicted molar refractivity (Wildman–Crippen MR) is 150 cm³/mol. The number of hydrogen-bond acceptors (Lipinski definition) is 8. The summed E-state index contributed by atoms with van der Waals surface area (Å²) in [5, 5.41) is 22.0. The normalized spacial score (nSPS) is 19.7. The number of carbonyl (C=O) groups is 2. The lowest BCUT2D eigenvalue weighted by Crippen LogP contribution is -2.44. The number of nitro benzene ring substituents is 2. The fourth-order valence-corrected chi connectivity index (χ4v) is 6.30. The molecule has 42 heavy (non-hydrogen) atoms. The van der Waals surface area contributed by atoms with E-state index in [2.05, 4.69) is 24.3 Å². The molecule has 0 amide bonds. The molecule has 10 heteroatoms. The predicted octanol–water partition coefficient (Wildman–Crippen LogP) is 6.04. The van der Waals surface area contributed by atoms with Gasteiger partial charge in [0, 0.05) is 47.9 Å². The number of fused-ring (bicyclic) bond motifs is 1. The van der Waals surface area contributed by atoms with E-state index in [0.717, 1.165) is 22.3 Å². The van der Waals surface area contributed by atoms with E-state index in [-0.39, 0.29) is 59.4 Å². The third kappa shape index (κ3) is 4.77. The zero-order valence-corrected chi connectivity index (χ0v) is 22.1. The molecule has 0 N–H and O–H groups in total. The molecule has 0 aliphatic heterocycles. The maximum absolute atomic E-state index is 13.0. The van der Waals surface area contributed by atoms with Crippen LogP contribution in [0.3, 0.4) is 0 Å². The SMILES string of the molecule is O=C(OC[C@H]1C2c3ccccc3C(c3ccccc32)[C@@H]1COC(=O)c1ccc([N+](=O)[O-])cc1)c1ccc([N+](=O)[O-])cc1. The van der Waals surface area contributed by atoms with Crippen molar-refractivity contribution in [2.45, 2.75) is 11.8 Å². The monoisotopic (exact) mass is 564 g/mol. The number of rotatable bonds is 8. The summed E-state index contributed by atoms with van der Waals surface area (Å²) < 4.78 is 11.6. The summed E-state index contributed by atoms with van der Waals surface area (Å²) in [7, 11) is 0. The first kappa shape index (κ1) is 26.8. The molecule has 7 rings (SSSR count). The van der Waals surface area contributed by atoms with Crippen molar-refractivity contribution in [1.82, 2.24) is 0 Å². The Hall–Kier alpha value is -5.38. The molecule has 0 fully saturated rings. The number of ether oxygens (including phenoxy) is 2. The quantitative estimate of drug-likeness (QED) is 0.143. The molecular formula is C32H24N2O8. The van der Waals surface area contributed by atoms with Crippen LogP contribution in [0.2, 0.25) is 0 Å². The molecule has 0 saturated carbocycles. The largest absolute Gasteiger partial charge is 0.462 e. The second kappa shape index (κ2) is 10.9. The lowest BCUT2D eigenvalue weighted by atomic mass is 9.54. The van der Waals surface area contributed by atoms with Crippen LogP contribution in [-0.2, 0) is 9.47 Å². The molecule has 0 unspecified atom stereocenters. The number of hydrogen-bond donors (Lipinski definition) is 0. The van der Waals surface area contributed by atoms with Crippen LogP contribution in [0.25, 0.3) is 0 Å². The molecule has 0 heterocycles. The Labute approximate surface area is 239 Å². The lowest BCUT2D eigenvalue weighted by Gasteiger charge is -2.50. The highest BCUT2D eigenvalue weighted by Gasteiger charge is 2.50. The van der Waals surface area contributed by atoms with Gasteiger partial charge in [-0.25, -0.2) is 9.59 Å². The highest BCUT2D eigenvalue weighted by Crippen LogP contribution is 2.58. The highest BCUT2D eigenvalue weighted by atomic mass is 16.6. The number of nitrogens with zero attached hydrogens (tertiary/aromatic N) is 2. The van der Waals surface area contributed by atoms with Crippen LogP contribution < -0.4 is 0 Å². The Bertz CT molecular complexity index is 1530. The summed E-state index contributed by atoms with van der Waals surface area (Å²) in [5.41, 5.74) is 4.68. The fraction of sp³-hybridized carbons (Fsp3) is 0.188. The third-order valence-corrected chi connectivity index (χ3v) is 8.18. The van der Waals surface area contributed by atoms with Crippen molar-refractivity contribution in [2.75, 3.05) is 13.2 Å². The molecule has 0 aromatic heterocycles. The molecule has 0 saturated heterocycles. The smallest absolute Gasteiger partial charge is 0.338 e. The zero-order chi connectivity index (χ0) is 29.4. The van der Waals surface area contributed by atoms with Crippen molar-refractivity contribution in [3.05, 3.63) is 151 Å². The number of nitro groups is 2. The van der Waals surface area contributed by atoms with Crippen molar-refractivity contribution in [3.63, 3.8) is 0 Å². The second-order valence-corrected chi connectivity index (χ2v) is 10.3. The maximum Gasteiger partial charge on any atom is 0.338 e. The van der Waals surface area contributed by atoms with Gasteiger partial charge in [0.1, 0.15) is 0 Å². The van der Waals surface area contributed by atoms with E-state index < -0.39 is 21.8 Å². The maximum atomic E-state index is 13.0. The summed E-state index contributed by atoms with van der Waals surface area (Å²) in [5.74, 6) is -1.90. The Morgan fingerprint density at radius 1 is 0.548 bits per heavy atom. The standard InChI is InChI=1S/C32H24N2O8/c35-31(19-9-13-21(14-10-19)33(37)38)41-17-27-28(18-42-32(36)20-11-15-22(16-12-20)34(39)40)30-24-6-2-1-5-23(24)29(27)25-7-3-4-8-26(25)30/h1-16,27-30H,17-18H2/t27-,28-,29?,30?/m1/s1. The topological polar surface area (TPSA) is 139 Å². The van der Waals surface area contributed by atoms with Crippen molar-refractivity contribution >= 4 is 23.3 Å². The van der Waals surface area contributed by atoms with Crippen LogP contribution in [0.5, 0.6) is 0 Å². The molecule has 3 aliphatic rings. The molecular weight excluding hydrogens is 540 g/mol. The molecule has 0 spiro atoms. The average Bonchev–Trinajstić information content (AvgIpc) is 3.02. The first-order valence-corrected chi connectivity index (χ1v) is 13.3. The minimum absolute atomic E-state index is 0.0411. The molecule has 0 radical (unpaired) electrons. The van der Waals surface area contributed by atoms with E-state index in [0.29, 0.717) is 0 Å². The molecule has 2 atom stereocenters. The van der Waals surface area contributed by atoms with Crippen LogP contribution in [-0.4, -0.2) is 35.0 Å². The first-order chi connectivity index (χ1) is 20.3. The summed E-state index contributed by atoms with van der Waals surface area (Å²) in [4.78, 5) is 46.9. The average molecular weight is 565 g/mol. The van der Waals surface area contributed by atoms with E-state index in [1.165, 1.54) is 48.5 Å². The number of non-ortho nitro benzene ring substituents is 2. The first-order valence-electron chi connectivity index (χ1n) is 13.3. The number of carbonyl (C=O) groups excluding carboxylic acids is 2. The van der Waals surface area contributed by atoms with E-state index >= 15 is 0 Å². The number of esters is 2. The van der Waals surface area contributed by atoms with Gasteiger partial charge < -0.3 is 9.47 Å². The van der Waals surface area contributed by atoms with E-state index in [1.807, 2.05) is 24.3 Å². The van der Waals surface area contributed by atoms with Gasteiger partial charge in [-0.1, -0.05) is 48.5 Å². The Morgan fingerprint density at radius 2 is 0.857 bits per heavy atom. The lowest BCUT2D eigenvalue weighted by molar-refractivity contribution is -0.385. The number of benzene rings is 4. The minimum atomic E-state index is -0.602. The molecule has 4 aromatic carbocycles. The zero-order valence-electron chi connectivity index (χ0n) is 22.1. The van der Waals surface area contributed by atoms with Gasteiger partial charge >= 0.3 is 11.9 Å². The Balaban J connectivity index is 1.29. The van der Waals surface area contributed by atoms with Crippen LogP contribution >= 0.6 is 0 Å². The Morgan fingerprint density at radius 3 is 1.14 bits per heavy atom. The second-order valence-electron chi connectivity index (χ2n) is 10.3. The summed E-state index contributed by atoms with van der Waals surface area (Å²) in [6.45, 7) is 0.0822. The molecule has 2 bridgehead atoms. The summed E-state index contributed by atoms with van der Waals surface area (Å²) in [6.07, 6.45) is 0. The van der Waals surface area contributed by atoms with Crippen LogP contribution in [0.4, 0.5) is 11.4 Å². The van der Waals surface area contributed by atoms with Gasteiger partial charge in [-0.3, -0.25) is 20.2 Å². The van der Waals surface area contributed by atoms with E-state index in [4.69, 9.17) is 9.47 Å². The van der Waals surface area contributed by atoms with Gasteiger partial charge in [-0.15, -0.1) is 0 Å². The van der Waals surface area contributed by atoms with Crippen LogP contribution in [0.15, 0.2) is 97.1 Å². The van der Waals surface area contributed by atoms with E-state index in [1.54, 1.807) is 0 Å². The van der Waals surface area contributed by atoms with Crippen LogP contribution in [0.1, 0.15) is 54.8 Å². The Kier molecular flexibility index (Phi) is 6.95. The van der Waals surface area contributed by atoms with E-state index in [9.17, 15) is 29.8 Å². The third-order valence-electron chi connectivity index (χ3n) is 8.18. The van der Waals surface area contributed by atoms with Crippen molar-refractivity contribution in [1.29, 1.82) is 0 Å². The fourth-order valence-electron chi connectivity index (χ4n) is 6.30. The van der Waals surface area contributed by atoms with Gasteiger partial charge in [0.2, 0.25) is 0 Å². The van der Waals surface area contributed by atoms with Gasteiger partial charge in [0.25, 0.3) is 11.4 Å². The highest BCUT2D eigenvalue weighted by molar-refractivity contribution is 5.90. The molecule has 3 aliphatic carbocycles.